The summed E-state index contributed by atoms with van der Waals surface area (Å²) in [6.07, 6.45) is 2.98. The van der Waals surface area contributed by atoms with Crippen LogP contribution in [0.4, 0.5) is 4.79 Å². The van der Waals surface area contributed by atoms with Gasteiger partial charge in [0.05, 0.1) is 22.6 Å². The number of aryl methyl sites for hydroxylation is 2. The summed E-state index contributed by atoms with van der Waals surface area (Å²) >= 11 is 0. The zero-order valence-electron chi connectivity index (χ0n) is 21.6. The Labute approximate surface area is 203 Å². The van der Waals surface area contributed by atoms with E-state index >= 15 is 0 Å². The number of nitrogens with zero attached hydrogens (tertiary/aromatic N) is 3. The standard InChI is InChI=1S/C28H38N4O2/c1-8-9-12-17-31(27(34)30-28(5,6)7)21(4)25-29-23-14-11-10-13-22(23)26(33)32(25)24-18-19(2)15-16-20(24)3/h10-11,13-16,18,21H,8-9,12,17H2,1-7H3,(H,30,34). The van der Waals surface area contributed by atoms with E-state index in [0.29, 0.717) is 23.3 Å². The van der Waals surface area contributed by atoms with Crippen molar-refractivity contribution in [1.29, 1.82) is 0 Å². The quantitative estimate of drug-likeness (QED) is 0.434. The van der Waals surface area contributed by atoms with Crippen molar-refractivity contribution in [2.45, 2.75) is 79.3 Å². The lowest BCUT2D eigenvalue weighted by Gasteiger charge is -2.33. The van der Waals surface area contributed by atoms with E-state index in [1.807, 2.05) is 88.9 Å². The number of benzene rings is 2. The molecule has 1 unspecified atom stereocenters. The first-order chi connectivity index (χ1) is 16.0. The maximum Gasteiger partial charge on any atom is 0.318 e. The van der Waals surface area contributed by atoms with E-state index in [0.717, 1.165) is 36.1 Å². The summed E-state index contributed by atoms with van der Waals surface area (Å²) in [5.41, 5.74) is 2.99. The molecular weight excluding hydrogens is 424 g/mol. The third kappa shape index (κ3) is 5.66. The predicted octanol–water partition coefficient (Wildman–Crippen LogP) is 6.06. The van der Waals surface area contributed by atoms with Crippen molar-refractivity contribution in [3.05, 3.63) is 69.8 Å². The van der Waals surface area contributed by atoms with Gasteiger partial charge < -0.3 is 10.2 Å². The lowest BCUT2D eigenvalue weighted by Crippen LogP contribution is -2.50. The number of amides is 2. The molecule has 0 aliphatic rings. The van der Waals surface area contributed by atoms with Gasteiger partial charge in [0.25, 0.3) is 5.56 Å². The van der Waals surface area contributed by atoms with Crippen LogP contribution < -0.4 is 10.9 Å². The third-order valence-corrected chi connectivity index (χ3v) is 5.99. The van der Waals surface area contributed by atoms with Crippen LogP contribution in [0.1, 0.15) is 76.9 Å². The summed E-state index contributed by atoms with van der Waals surface area (Å²) in [6, 6.07) is 12.9. The summed E-state index contributed by atoms with van der Waals surface area (Å²) in [5.74, 6) is 0.568. The molecule has 0 aliphatic heterocycles. The SMILES string of the molecule is CCCCCN(C(=O)NC(C)(C)C)C(C)c1nc2ccccc2c(=O)n1-c1cc(C)ccc1C. The number of rotatable bonds is 7. The lowest BCUT2D eigenvalue weighted by atomic mass is 10.1. The van der Waals surface area contributed by atoms with Crippen molar-refractivity contribution in [2.24, 2.45) is 0 Å². The zero-order chi connectivity index (χ0) is 25.0. The summed E-state index contributed by atoms with van der Waals surface area (Å²) in [4.78, 5) is 34.0. The number of fused-ring (bicyclic) bond motifs is 1. The van der Waals surface area contributed by atoms with Crippen LogP contribution in [0, 0.1) is 13.8 Å². The van der Waals surface area contributed by atoms with Gasteiger partial charge in [-0.05, 0) is 77.3 Å². The Bertz CT molecular complexity index is 1220. The molecule has 6 nitrogen and oxygen atoms in total. The number of unbranched alkanes of at least 4 members (excludes halogenated alkanes) is 2. The maximum atomic E-state index is 13.8. The van der Waals surface area contributed by atoms with Crippen molar-refractivity contribution in [3.63, 3.8) is 0 Å². The average Bonchev–Trinajstić information content (AvgIpc) is 2.77. The Kier molecular flexibility index (Phi) is 7.80. The maximum absolute atomic E-state index is 13.8. The summed E-state index contributed by atoms with van der Waals surface area (Å²) < 4.78 is 1.70. The molecule has 1 aromatic heterocycles. The molecule has 182 valence electrons. The fourth-order valence-corrected chi connectivity index (χ4v) is 4.16. The number of carbonyl (C=O) groups excluding carboxylic acids is 1. The highest BCUT2D eigenvalue weighted by atomic mass is 16.2. The molecule has 1 heterocycles. The van der Waals surface area contributed by atoms with Crippen LogP contribution in [0.2, 0.25) is 0 Å². The minimum Gasteiger partial charge on any atom is -0.333 e. The van der Waals surface area contributed by atoms with E-state index in [1.165, 1.54) is 0 Å². The number of nitrogens with one attached hydrogen (secondary N) is 1. The number of para-hydroxylation sites is 1. The van der Waals surface area contributed by atoms with Crippen LogP contribution in [0.3, 0.4) is 0 Å². The minimum absolute atomic E-state index is 0.120. The van der Waals surface area contributed by atoms with Gasteiger partial charge >= 0.3 is 6.03 Å². The van der Waals surface area contributed by atoms with Gasteiger partial charge in [-0.3, -0.25) is 9.36 Å². The van der Waals surface area contributed by atoms with Crippen LogP contribution in [0.5, 0.6) is 0 Å². The summed E-state index contributed by atoms with van der Waals surface area (Å²) in [5, 5.41) is 3.67. The first kappa shape index (κ1) is 25.5. The highest BCUT2D eigenvalue weighted by molar-refractivity contribution is 5.78. The van der Waals surface area contributed by atoms with Gasteiger partial charge in [-0.1, -0.05) is 44.0 Å². The molecule has 0 radical (unpaired) electrons. The summed E-state index contributed by atoms with van der Waals surface area (Å²) in [7, 11) is 0. The van der Waals surface area contributed by atoms with E-state index in [2.05, 4.69) is 12.2 Å². The van der Waals surface area contributed by atoms with Gasteiger partial charge in [-0.2, -0.15) is 0 Å². The van der Waals surface area contributed by atoms with Gasteiger partial charge in [0.2, 0.25) is 0 Å². The zero-order valence-corrected chi connectivity index (χ0v) is 21.6. The number of hydrogen-bond acceptors (Lipinski definition) is 3. The number of urea groups is 1. The average molecular weight is 463 g/mol. The molecule has 1 N–H and O–H groups in total. The molecule has 6 heteroatoms. The largest absolute Gasteiger partial charge is 0.333 e. The van der Waals surface area contributed by atoms with Crippen LogP contribution in [-0.4, -0.2) is 32.6 Å². The van der Waals surface area contributed by atoms with Crippen molar-refractivity contribution in [2.75, 3.05) is 6.54 Å². The predicted molar refractivity (Wildman–Crippen MR) is 140 cm³/mol. The van der Waals surface area contributed by atoms with Crippen molar-refractivity contribution in [3.8, 4) is 5.69 Å². The van der Waals surface area contributed by atoms with E-state index in [1.54, 1.807) is 4.57 Å². The van der Waals surface area contributed by atoms with Crippen molar-refractivity contribution < 1.29 is 4.79 Å². The molecule has 0 fully saturated rings. The van der Waals surface area contributed by atoms with Gasteiger partial charge in [0, 0.05) is 12.1 Å². The molecule has 3 rings (SSSR count). The monoisotopic (exact) mass is 462 g/mol. The second-order valence-corrected chi connectivity index (χ2v) is 10.2. The molecule has 2 amide bonds. The first-order valence-corrected chi connectivity index (χ1v) is 12.2. The number of aromatic nitrogens is 2. The highest BCUT2D eigenvalue weighted by Crippen LogP contribution is 2.26. The molecule has 0 saturated heterocycles. The van der Waals surface area contributed by atoms with Crippen molar-refractivity contribution >= 4 is 16.9 Å². The molecule has 0 aliphatic carbocycles. The second kappa shape index (κ2) is 10.4. The van der Waals surface area contributed by atoms with Crippen LogP contribution in [0.15, 0.2) is 47.3 Å². The van der Waals surface area contributed by atoms with Crippen molar-refractivity contribution in [1.82, 2.24) is 19.8 Å². The molecular formula is C28H38N4O2. The number of carbonyl (C=O) groups is 1. The molecule has 0 bridgehead atoms. The smallest absolute Gasteiger partial charge is 0.318 e. The molecule has 34 heavy (non-hydrogen) atoms. The van der Waals surface area contributed by atoms with Gasteiger partial charge in [-0.25, -0.2) is 9.78 Å². The fourth-order valence-electron chi connectivity index (χ4n) is 4.16. The third-order valence-electron chi connectivity index (χ3n) is 5.99. The van der Waals surface area contributed by atoms with Crippen LogP contribution in [-0.2, 0) is 0 Å². The van der Waals surface area contributed by atoms with Gasteiger partial charge in [-0.15, -0.1) is 0 Å². The molecule has 0 saturated carbocycles. The van der Waals surface area contributed by atoms with E-state index in [9.17, 15) is 9.59 Å². The fraction of sp³-hybridized carbons (Fsp3) is 0.464. The Morgan fingerprint density at radius 2 is 1.82 bits per heavy atom. The van der Waals surface area contributed by atoms with Crippen LogP contribution in [0.25, 0.3) is 16.6 Å². The molecule has 3 aromatic rings. The Balaban J connectivity index is 2.23. The summed E-state index contributed by atoms with van der Waals surface area (Å²) in [6.45, 7) is 14.6. The highest BCUT2D eigenvalue weighted by Gasteiger charge is 2.29. The molecule has 0 spiro atoms. The van der Waals surface area contributed by atoms with E-state index in [4.69, 9.17) is 4.98 Å². The lowest BCUT2D eigenvalue weighted by molar-refractivity contribution is 0.166. The van der Waals surface area contributed by atoms with E-state index in [-0.39, 0.29) is 17.1 Å². The second-order valence-electron chi connectivity index (χ2n) is 10.2. The molecule has 2 aromatic carbocycles. The van der Waals surface area contributed by atoms with E-state index < -0.39 is 6.04 Å². The number of hydrogen-bond donors (Lipinski definition) is 1. The van der Waals surface area contributed by atoms with Crippen LogP contribution >= 0.6 is 0 Å². The molecule has 1 atom stereocenters. The topological polar surface area (TPSA) is 67.2 Å². The Hall–Kier alpha value is -3.15. The van der Waals surface area contributed by atoms with Gasteiger partial charge in [0.15, 0.2) is 0 Å². The normalized spacial score (nSPS) is 12.6. The Morgan fingerprint density at radius 3 is 2.50 bits per heavy atom. The Morgan fingerprint density at radius 1 is 1.12 bits per heavy atom. The van der Waals surface area contributed by atoms with Gasteiger partial charge in [0.1, 0.15) is 5.82 Å². The minimum atomic E-state index is -0.406. The first-order valence-electron chi connectivity index (χ1n) is 12.2.